The van der Waals surface area contributed by atoms with Crippen LogP contribution < -0.4 is 10.5 Å². The largest absolute Gasteiger partial charge is 0.465 e. The van der Waals surface area contributed by atoms with E-state index in [9.17, 15) is 22.8 Å². The Balaban J connectivity index is 1.74. The quantitative estimate of drug-likeness (QED) is 0.426. The number of fused-ring (bicyclic) bond motifs is 2. The fourth-order valence-electron chi connectivity index (χ4n) is 4.71. The molecule has 0 atom stereocenters. The minimum atomic E-state index is -3.30. The van der Waals surface area contributed by atoms with Crippen molar-refractivity contribution in [3.63, 3.8) is 0 Å². The number of amides is 1. The van der Waals surface area contributed by atoms with Crippen molar-refractivity contribution >= 4 is 32.9 Å². The zero-order chi connectivity index (χ0) is 25.8. The lowest BCUT2D eigenvalue weighted by Gasteiger charge is -2.24. The average Bonchev–Trinajstić information content (AvgIpc) is 3.13. The Bertz CT molecular complexity index is 1730. The molecule has 10 heteroatoms. The van der Waals surface area contributed by atoms with Crippen LogP contribution >= 0.6 is 0 Å². The highest BCUT2D eigenvalue weighted by Crippen LogP contribution is 2.39. The number of aryl methyl sites for hydroxylation is 1. The molecule has 3 heterocycles. The summed E-state index contributed by atoms with van der Waals surface area (Å²) in [6.07, 6.45) is 2.74. The second-order valence-electron chi connectivity index (χ2n) is 8.89. The molecule has 1 amide bonds. The van der Waals surface area contributed by atoms with Crippen LogP contribution in [-0.4, -0.2) is 43.0 Å². The van der Waals surface area contributed by atoms with Gasteiger partial charge in [-0.1, -0.05) is 12.1 Å². The molecule has 9 nitrogen and oxygen atoms in total. The molecule has 0 radical (unpaired) electrons. The number of rotatable bonds is 4. The molecule has 0 saturated carbocycles. The third-order valence-corrected chi connectivity index (χ3v) is 7.07. The highest BCUT2D eigenvalue weighted by molar-refractivity contribution is 7.89. The number of methoxy groups -OCH3 is 1. The predicted octanol–water partition coefficient (Wildman–Crippen LogP) is 3.09. The Hall–Kier alpha value is -4.18. The zero-order valence-electron chi connectivity index (χ0n) is 19.9. The number of hydrogen-bond donors (Lipinski definition) is 1. The standard InChI is InChI=1S/C26H23N3O6S/c1-15-9-22-20-10-16(14-36(3,33)34)7-8-21(20)28(13-19-12-27-24(30)23(15)29(19)22)25(31)17-5-4-6-18(11-17)26(32)35-2/h4-12H,13-14H2,1-3H3,(H,27,30). The summed E-state index contributed by atoms with van der Waals surface area (Å²) in [4.78, 5) is 42.8. The summed E-state index contributed by atoms with van der Waals surface area (Å²) in [5, 5.41) is 0. The van der Waals surface area contributed by atoms with E-state index in [4.69, 9.17) is 4.74 Å². The number of nitrogens with zero attached hydrogens (tertiary/aromatic N) is 2. The second kappa shape index (κ2) is 8.49. The first-order valence-electron chi connectivity index (χ1n) is 11.1. The van der Waals surface area contributed by atoms with Crippen LogP contribution in [0.1, 0.15) is 37.5 Å². The summed E-state index contributed by atoms with van der Waals surface area (Å²) >= 11 is 0. The maximum atomic E-state index is 13.8. The number of hydrogen-bond acceptors (Lipinski definition) is 6. The Morgan fingerprint density at radius 3 is 2.56 bits per heavy atom. The maximum Gasteiger partial charge on any atom is 0.337 e. The van der Waals surface area contributed by atoms with Gasteiger partial charge in [0.25, 0.3) is 11.5 Å². The van der Waals surface area contributed by atoms with Gasteiger partial charge in [-0.3, -0.25) is 9.59 Å². The summed E-state index contributed by atoms with van der Waals surface area (Å²) in [5.74, 6) is -1.08. The fourth-order valence-corrected chi connectivity index (χ4v) is 5.49. The Morgan fingerprint density at radius 2 is 1.83 bits per heavy atom. The van der Waals surface area contributed by atoms with Crippen LogP contribution in [0.2, 0.25) is 0 Å². The monoisotopic (exact) mass is 505 g/mol. The highest BCUT2D eigenvalue weighted by atomic mass is 32.2. The zero-order valence-corrected chi connectivity index (χ0v) is 20.7. The molecule has 1 aliphatic rings. The summed E-state index contributed by atoms with van der Waals surface area (Å²) in [6.45, 7) is 1.97. The van der Waals surface area contributed by atoms with Gasteiger partial charge in [0.15, 0.2) is 9.84 Å². The molecule has 0 saturated heterocycles. The van der Waals surface area contributed by atoms with Crippen molar-refractivity contribution in [3.05, 3.63) is 93.0 Å². The molecule has 4 aromatic rings. The van der Waals surface area contributed by atoms with E-state index in [1.165, 1.54) is 13.2 Å². The van der Waals surface area contributed by atoms with Crippen LogP contribution in [0.5, 0.6) is 0 Å². The van der Waals surface area contributed by atoms with Gasteiger partial charge < -0.3 is 19.0 Å². The van der Waals surface area contributed by atoms with Crippen molar-refractivity contribution < 1.29 is 22.7 Å². The van der Waals surface area contributed by atoms with Crippen LogP contribution in [-0.2, 0) is 26.9 Å². The number of aromatic amines is 1. The number of aromatic nitrogens is 2. The number of esters is 1. The summed E-state index contributed by atoms with van der Waals surface area (Å²) in [5.41, 5.74) is 4.60. The summed E-state index contributed by atoms with van der Waals surface area (Å²) in [6, 6.07) is 13.3. The molecule has 0 bridgehead atoms. The van der Waals surface area contributed by atoms with E-state index in [0.717, 1.165) is 11.8 Å². The van der Waals surface area contributed by atoms with Crippen LogP contribution in [0.3, 0.4) is 0 Å². The third kappa shape index (κ3) is 3.99. The van der Waals surface area contributed by atoms with Crippen LogP contribution in [0.4, 0.5) is 5.69 Å². The maximum absolute atomic E-state index is 13.8. The third-order valence-electron chi connectivity index (χ3n) is 6.22. The Labute approximate surface area is 206 Å². The van der Waals surface area contributed by atoms with E-state index >= 15 is 0 Å². The number of sulfone groups is 1. The first-order chi connectivity index (χ1) is 17.1. The van der Waals surface area contributed by atoms with Gasteiger partial charge in [0.2, 0.25) is 0 Å². The molecule has 0 fully saturated rings. The van der Waals surface area contributed by atoms with Crippen molar-refractivity contribution in [1.82, 2.24) is 9.38 Å². The molecule has 5 rings (SSSR count). The summed E-state index contributed by atoms with van der Waals surface area (Å²) < 4.78 is 30.6. The number of carbonyl (C=O) groups is 2. The van der Waals surface area contributed by atoms with Crippen molar-refractivity contribution in [3.8, 4) is 11.3 Å². The highest BCUT2D eigenvalue weighted by Gasteiger charge is 2.29. The summed E-state index contributed by atoms with van der Waals surface area (Å²) in [7, 11) is -2.03. The normalized spacial score (nSPS) is 12.8. The van der Waals surface area contributed by atoms with Crippen LogP contribution in [0.15, 0.2) is 59.5 Å². The van der Waals surface area contributed by atoms with Crippen molar-refractivity contribution in [1.29, 1.82) is 0 Å². The van der Waals surface area contributed by atoms with E-state index in [2.05, 4.69) is 4.98 Å². The SMILES string of the molecule is COC(=O)c1cccc(C(=O)N2Cc3c[nH]c(=O)c4c(C)cc(n34)-c3cc(CS(C)(=O)=O)ccc32)c1. The van der Waals surface area contributed by atoms with Gasteiger partial charge in [-0.05, 0) is 54.4 Å². The Kier molecular flexibility index (Phi) is 5.55. The minimum absolute atomic E-state index is 0.133. The molecular formula is C26H23N3O6S. The molecule has 2 aromatic carbocycles. The molecule has 36 heavy (non-hydrogen) atoms. The van der Waals surface area contributed by atoms with E-state index in [-0.39, 0.29) is 34.9 Å². The van der Waals surface area contributed by atoms with Gasteiger partial charge in [0.1, 0.15) is 5.52 Å². The number of H-pyrrole nitrogens is 1. The van der Waals surface area contributed by atoms with Gasteiger partial charge in [0, 0.05) is 23.6 Å². The van der Waals surface area contributed by atoms with E-state index in [0.29, 0.717) is 33.7 Å². The molecule has 0 aliphatic carbocycles. The molecule has 0 unspecified atom stereocenters. The topological polar surface area (TPSA) is 118 Å². The average molecular weight is 506 g/mol. The molecule has 1 aliphatic heterocycles. The number of ether oxygens (including phenoxy) is 1. The second-order valence-corrected chi connectivity index (χ2v) is 11.0. The molecular weight excluding hydrogens is 482 g/mol. The number of carbonyl (C=O) groups excluding carboxylic acids is 2. The van der Waals surface area contributed by atoms with E-state index < -0.39 is 15.8 Å². The lowest BCUT2D eigenvalue weighted by Crippen LogP contribution is -2.31. The first kappa shape index (κ1) is 23.6. The predicted molar refractivity (Wildman–Crippen MR) is 135 cm³/mol. The lowest BCUT2D eigenvalue weighted by molar-refractivity contribution is 0.0600. The van der Waals surface area contributed by atoms with Gasteiger partial charge in [-0.25, -0.2) is 13.2 Å². The molecule has 2 aromatic heterocycles. The van der Waals surface area contributed by atoms with E-state index in [1.807, 2.05) is 17.4 Å². The van der Waals surface area contributed by atoms with Gasteiger partial charge in [0.05, 0.1) is 42.0 Å². The minimum Gasteiger partial charge on any atom is -0.465 e. The Morgan fingerprint density at radius 1 is 1.08 bits per heavy atom. The number of benzene rings is 2. The molecule has 1 N–H and O–H groups in total. The fraction of sp³-hybridized carbons (Fsp3) is 0.192. The number of anilines is 1. The van der Waals surface area contributed by atoms with Gasteiger partial charge in [-0.2, -0.15) is 0 Å². The first-order valence-corrected chi connectivity index (χ1v) is 13.2. The smallest absolute Gasteiger partial charge is 0.337 e. The molecule has 184 valence electrons. The molecule has 0 spiro atoms. The van der Waals surface area contributed by atoms with Crippen LogP contribution in [0.25, 0.3) is 16.8 Å². The van der Waals surface area contributed by atoms with Crippen molar-refractivity contribution in [2.24, 2.45) is 0 Å². The van der Waals surface area contributed by atoms with E-state index in [1.54, 1.807) is 47.5 Å². The number of nitrogens with one attached hydrogen (secondary N) is 1. The van der Waals surface area contributed by atoms with Crippen LogP contribution in [0, 0.1) is 6.92 Å². The van der Waals surface area contributed by atoms with Gasteiger partial charge in [-0.15, -0.1) is 0 Å². The van der Waals surface area contributed by atoms with Gasteiger partial charge >= 0.3 is 5.97 Å². The van der Waals surface area contributed by atoms with Crippen molar-refractivity contribution in [2.75, 3.05) is 18.3 Å². The van der Waals surface area contributed by atoms with Crippen molar-refractivity contribution in [2.45, 2.75) is 19.2 Å². The lowest BCUT2D eigenvalue weighted by atomic mass is 10.0.